The number of nitriles is 1. The van der Waals surface area contributed by atoms with E-state index in [0.717, 1.165) is 11.6 Å². The number of fused-ring (bicyclic) bond motifs is 1. The first-order valence-electron chi connectivity index (χ1n) is 10.6. The number of nitrogens with zero attached hydrogens (tertiary/aromatic N) is 3. The number of hydrogen-bond acceptors (Lipinski definition) is 6. The number of rotatable bonds is 5. The lowest BCUT2D eigenvalue weighted by Gasteiger charge is -2.14. The number of non-ortho nitro benzene ring substituents is 1. The van der Waals surface area contributed by atoms with Gasteiger partial charge >= 0.3 is 0 Å². The highest BCUT2D eigenvalue weighted by Gasteiger charge is 2.28. The Hall–Kier alpha value is -5.10. The van der Waals surface area contributed by atoms with Crippen molar-refractivity contribution in [1.82, 2.24) is 10.6 Å². The van der Waals surface area contributed by atoms with Crippen molar-refractivity contribution >= 4 is 29.0 Å². The molecule has 1 aliphatic rings. The molecule has 172 valence electrons. The summed E-state index contributed by atoms with van der Waals surface area (Å²) in [7, 11) is 0. The molecular formula is C26H19N5O4. The van der Waals surface area contributed by atoms with Gasteiger partial charge in [-0.15, -0.1) is 0 Å². The van der Waals surface area contributed by atoms with Gasteiger partial charge in [-0.1, -0.05) is 60.7 Å². The van der Waals surface area contributed by atoms with Crippen LogP contribution in [0.15, 0.2) is 89.4 Å². The Morgan fingerprint density at radius 1 is 1.00 bits per heavy atom. The van der Waals surface area contributed by atoms with E-state index in [1.54, 1.807) is 24.3 Å². The third-order valence-corrected chi connectivity index (χ3v) is 5.43. The van der Waals surface area contributed by atoms with E-state index in [4.69, 9.17) is 0 Å². The number of benzene rings is 3. The fourth-order valence-corrected chi connectivity index (χ4v) is 3.66. The number of nitro groups is 1. The summed E-state index contributed by atoms with van der Waals surface area (Å²) >= 11 is 0. The number of carbonyl (C=O) groups excluding carboxylic acids is 2. The van der Waals surface area contributed by atoms with Crippen LogP contribution in [0.5, 0.6) is 0 Å². The lowest BCUT2D eigenvalue weighted by molar-refractivity contribution is -0.384. The fourth-order valence-electron chi connectivity index (χ4n) is 3.66. The normalized spacial score (nSPS) is 14.1. The minimum absolute atomic E-state index is 0.0757. The average Bonchev–Trinajstić information content (AvgIpc) is 3.23. The molecule has 3 aromatic rings. The van der Waals surface area contributed by atoms with Crippen LogP contribution < -0.4 is 10.6 Å². The van der Waals surface area contributed by atoms with Gasteiger partial charge in [0.05, 0.1) is 16.7 Å². The Morgan fingerprint density at radius 2 is 1.69 bits per heavy atom. The van der Waals surface area contributed by atoms with Gasteiger partial charge in [-0.2, -0.15) is 5.26 Å². The standard InChI is InChI=1S/C26H19N5O4/c1-16(17-8-3-2-4-9-17)28-26(33)22(15-27)23-20-12-5-6-13-21(20)24(29-23)30-25(32)18-10-7-11-19(14-18)31(34)35/h2-14,16H,1H3,(H,28,33)(H,29,30,32)/b23-22-. The Labute approximate surface area is 200 Å². The molecule has 9 nitrogen and oxygen atoms in total. The number of amidine groups is 1. The molecular weight excluding hydrogens is 446 g/mol. The van der Waals surface area contributed by atoms with Crippen LogP contribution in [0.1, 0.15) is 40.0 Å². The first-order chi connectivity index (χ1) is 16.9. The Morgan fingerprint density at radius 3 is 2.37 bits per heavy atom. The fraction of sp³-hybridized carbons (Fsp3) is 0.0769. The first kappa shape index (κ1) is 23.1. The number of nitro benzene ring substituents is 1. The molecule has 0 saturated heterocycles. The van der Waals surface area contributed by atoms with Crippen molar-refractivity contribution in [2.75, 3.05) is 0 Å². The second-order valence-electron chi connectivity index (χ2n) is 7.71. The van der Waals surface area contributed by atoms with Crippen LogP contribution in [0.4, 0.5) is 5.69 Å². The van der Waals surface area contributed by atoms with Crippen LogP contribution >= 0.6 is 0 Å². The Bertz CT molecular complexity index is 1440. The van der Waals surface area contributed by atoms with Crippen LogP contribution in [0, 0.1) is 21.4 Å². The quantitative estimate of drug-likeness (QED) is 0.255. The summed E-state index contributed by atoms with van der Waals surface area (Å²) in [6.45, 7) is 1.81. The number of amides is 2. The van der Waals surface area contributed by atoms with Gasteiger partial charge in [0.1, 0.15) is 17.5 Å². The lowest BCUT2D eigenvalue weighted by Crippen LogP contribution is -2.30. The van der Waals surface area contributed by atoms with Gasteiger partial charge in [0.2, 0.25) is 0 Å². The Kier molecular flexibility index (Phi) is 6.46. The maximum absolute atomic E-state index is 13.0. The third kappa shape index (κ3) is 4.82. The zero-order chi connectivity index (χ0) is 24.9. The molecule has 2 N–H and O–H groups in total. The molecule has 0 fully saturated rings. The SMILES string of the molecule is CC(NC(=O)/C(C#N)=C1\N=C(NC(=O)c2cccc([N+](=O)[O-])c2)c2ccccc21)c1ccccc1. The monoisotopic (exact) mass is 465 g/mol. The van der Waals surface area contributed by atoms with E-state index in [1.165, 1.54) is 18.2 Å². The zero-order valence-electron chi connectivity index (χ0n) is 18.6. The molecule has 2 amide bonds. The largest absolute Gasteiger partial charge is 0.345 e. The predicted molar refractivity (Wildman–Crippen MR) is 129 cm³/mol. The molecule has 0 radical (unpaired) electrons. The summed E-state index contributed by atoms with van der Waals surface area (Å²) in [6, 6.07) is 23.1. The molecule has 0 aromatic heterocycles. The van der Waals surface area contributed by atoms with Crippen LogP contribution in [-0.4, -0.2) is 22.6 Å². The molecule has 1 unspecified atom stereocenters. The minimum Gasteiger partial charge on any atom is -0.345 e. The van der Waals surface area contributed by atoms with Crippen molar-refractivity contribution in [3.05, 3.63) is 117 Å². The van der Waals surface area contributed by atoms with Gasteiger partial charge < -0.3 is 10.6 Å². The highest BCUT2D eigenvalue weighted by Crippen LogP contribution is 2.31. The van der Waals surface area contributed by atoms with E-state index in [9.17, 15) is 25.0 Å². The van der Waals surface area contributed by atoms with Crippen molar-refractivity contribution in [2.24, 2.45) is 4.99 Å². The zero-order valence-corrected chi connectivity index (χ0v) is 18.6. The summed E-state index contributed by atoms with van der Waals surface area (Å²) in [6.07, 6.45) is 0. The lowest BCUT2D eigenvalue weighted by atomic mass is 10.0. The summed E-state index contributed by atoms with van der Waals surface area (Å²) in [5.41, 5.74) is 1.71. The predicted octanol–water partition coefficient (Wildman–Crippen LogP) is 3.90. The van der Waals surface area contributed by atoms with Crippen LogP contribution in [0.3, 0.4) is 0 Å². The summed E-state index contributed by atoms with van der Waals surface area (Å²) in [5.74, 6) is -1.06. The van der Waals surface area contributed by atoms with Crippen molar-refractivity contribution < 1.29 is 14.5 Å². The van der Waals surface area contributed by atoms with Gasteiger partial charge in [0.25, 0.3) is 17.5 Å². The second kappa shape index (κ2) is 9.80. The topological polar surface area (TPSA) is 137 Å². The molecule has 3 aromatic carbocycles. The van der Waals surface area contributed by atoms with Crippen molar-refractivity contribution in [3.63, 3.8) is 0 Å². The van der Waals surface area contributed by atoms with Crippen LogP contribution in [-0.2, 0) is 4.79 Å². The number of nitrogens with one attached hydrogen (secondary N) is 2. The molecule has 4 rings (SSSR count). The molecule has 1 heterocycles. The van der Waals surface area contributed by atoms with Gasteiger partial charge in [0.15, 0.2) is 0 Å². The summed E-state index contributed by atoms with van der Waals surface area (Å²) < 4.78 is 0. The third-order valence-electron chi connectivity index (χ3n) is 5.43. The van der Waals surface area contributed by atoms with Gasteiger partial charge in [-0.25, -0.2) is 4.99 Å². The molecule has 1 aliphatic heterocycles. The molecule has 0 aliphatic carbocycles. The number of aliphatic imine (C=N–C) groups is 1. The molecule has 0 saturated carbocycles. The van der Waals surface area contributed by atoms with Gasteiger partial charge in [-0.3, -0.25) is 19.7 Å². The minimum atomic E-state index is -0.607. The number of hydrogen-bond donors (Lipinski definition) is 2. The van der Waals surface area contributed by atoms with E-state index < -0.39 is 16.7 Å². The van der Waals surface area contributed by atoms with Crippen molar-refractivity contribution in [2.45, 2.75) is 13.0 Å². The van der Waals surface area contributed by atoms with E-state index >= 15 is 0 Å². The van der Waals surface area contributed by atoms with Gasteiger partial charge in [0, 0.05) is 28.8 Å². The number of carbonyl (C=O) groups is 2. The Balaban J connectivity index is 1.66. The summed E-state index contributed by atoms with van der Waals surface area (Å²) in [4.78, 5) is 40.6. The maximum Gasteiger partial charge on any atom is 0.270 e. The molecule has 0 spiro atoms. The van der Waals surface area contributed by atoms with E-state index in [0.29, 0.717) is 11.1 Å². The van der Waals surface area contributed by atoms with Crippen molar-refractivity contribution in [1.29, 1.82) is 5.26 Å². The average molecular weight is 465 g/mol. The molecule has 9 heteroatoms. The maximum atomic E-state index is 13.0. The van der Waals surface area contributed by atoms with E-state index in [1.807, 2.05) is 43.3 Å². The first-order valence-corrected chi connectivity index (χ1v) is 10.6. The smallest absolute Gasteiger partial charge is 0.270 e. The van der Waals surface area contributed by atoms with Gasteiger partial charge in [-0.05, 0) is 18.6 Å². The van der Waals surface area contributed by atoms with E-state index in [2.05, 4.69) is 15.6 Å². The molecule has 0 bridgehead atoms. The second-order valence-corrected chi connectivity index (χ2v) is 7.71. The highest BCUT2D eigenvalue weighted by molar-refractivity contribution is 6.20. The molecule has 1 atom stereocenters. The van der Waals surface area contributed by atoms with Crippen LogP contribution in [0.2, 0.25) is 0 Å². The summed E-state index contributed by atoms with van der Waals surface area (Å²) in [5, 5.41) is 26.3. The van der Waals surface area contributed by atoms with E-state index in [-0.39, 0.29) is 34.4 Å². The molecule has 35 heavy (non-hydrogen) atoms. The van der Waals surface area contributed by atoms with Crippen LogP contribution in [0.25, 0.3) is 5.70 Å². The highest BCUT2D eigenvalue weighted by atomic mass is 16.6. The van der Waals surface area contributed by atoms with Crippen molar-refractivity contribution in [3.8, 4) is 6.07 Å².